The summed E-state index contributed by atoms with van der Waals surface area (Å²) >= 11 is 6.14. The highest BCUT2D eigenvalue weighted by Crippen LogP contribution is 2.29. The first-order chi connectivity index (χ1) is 10.6. The molecule has 0 aliphatic rings. The molecule has 0 fully saturated rings. The predicted octanol–water partition coefficient (Wildman–Crippen LogP) is 3.30. The summed E-state index contributed by atoms with van der Waals surface area (Å²) in [5.74, 6) is 0.502. The molecule has 1 aromatic carbocycles. The molecule has 1 aromatic heterocycles. The molecule has 0 spiro atoms. The zero-order valence-electron chi connectivity index (χ0n) is 13.8. The largest absolute Gasteiger partial charge is 0.495 e. The Balaban J connectivity index is 2.44. The number of benzene rings is 1. The number of aromatic amines is 1. The number of nitrogens with one attached hydrogen (secondary N) is 2. The van der Waals surface area contributed by atoms with Crippen LogP contribution in [-0.2, 0) is 11.0 Å². The summed E-state index contributed by atoms with van der Waals surface area (Å²) in [7, 11) is 0.253. The van der Waals surface area contributed by atoms with Crippen LogP contribution in [0.1, 0.15) is 39.3 Å². The normalized spacial score (nSPS) is 14.7. The van der Waals surface area contributed by atoms with E-state index < -0.39 is 15.7 Å². The second kappa shape index (κ2) is 6.63. The standard InChI is InChI=1S/C16H21ClN2O3S/c1-9(19-23(21)16(2,3)4)11-6-10-7-12(17)14(22-5)8-13(10)18-15(11)20/h6-9,19H,1-5H3,(H,18,20)/t9-,23?/m0/s1. The van der Waals surface area contributed by atoms with E-state index in [-0.39, 0.29) is 11.6 Å². The Morgan fingerprint density at radius 1 is 1.30 bits per heavy atom. The smallest absolute Gasteiger partial charge is 0.253 e. The number of hydrogen-bond donors (Lipinski definition) is 2. The molecule has 0 saturated carbocycles. The second-order valence-corrected chi connectivity index (χ2v) is 8.75. The van der Waals surface area contributed by atoms with Crippen molar-refractivity contribution in [3.63, 3.8) is 0 Å². The Kier molecular flexibility index (Phi) is 5.18. The van der Waals surface area contributed by atoms with Crippen molar-refractivity contribution in [2.45, 2.75) is 38.5 Å². The van der Waals surface area contributed by atoms with E-state index in [1.54, 1.807) is 18.2 Å². The van der Waals surface area contributed by atoms with Crippen LogP contribution >= 0.6 is 11.6 Å². The van der Waals surface area contributed by atoms with Gasteiger partial charge in [0.05, 0.1) is 33.4 Å². The number of ether oxygens (including phenoxy) is 1. The maximum atomic E-state index is 12.3. The Morgan fingerprint density at radius 2 is 1.96 bits per heavy atom. The Morgan fingerprint density at radius 3 is 2.52 bits per heavy atom. The Hall–Kier alpha value is -1.37. The third-order valence-corrected chi connectivity index (χ3v) is 5.43. The minimum Gasteiger partial charge on any atom is -0.495 e. The first-order valence-electron chi connectivity index (χ1n) is 7.22. The third kappa shape index (κ3) is 3.94. The Bertz CT molecular complexity index is 811. The zero-order valence-corrected chi connectivity index (χ0v) is 15.4. The topological polar surface area (TPSA) is 71.2 Å². The van der Waals surface area contributed by atoms with Gasteiger partial charge in [-0.3, -0.25) is 4.79 Å². The summed E-state index contributed by atoms with van der Waals surface area (Å²) in [6.07, 6.45) is 0. The number of pyridine rings is 1. The van der Waals surface area contributed by atoms with Crippen LogP contribution in [0.15, 0.2) is 23.0 Å². The van der Waals surface area contributed by atoms with Gasteiger partial charge in [0.25, 0.3) is 5.56 Å². The van der Waals surface area contributed by atoms with Gasteiger partial charge in [-0.1, -0.05) is 11.6 Å². The molecule has 0 amide bonds. The van der Waals surface area contributed by atoms with Gasteiger partial charge in [0, 0.05) is 23.1 Å². The van der Waals surface area contributed by atoms with Gasteiger partial charge < -0.3 is 9.72 Å². The first-order valence-corrected chi connectivity index (χ1v) is 8.74. The molecular formula is C16H21ClN2O3S. The van der Waals surface area contributed by atoms with Crippen LogP contribution in [0.25, 0.3) is 10.9 Å². The molecule has 7 heteroatoms. The van der Waals surface area contributed by atoms with Crippen LogP contribution in [0, 0.1) is 0 Å². The predicted molar refractivity (Wildman–Crippen MR) is 95.6 cm³/mol. The van der Waals surface area contributed by atoms with Crippen molar-refractivity contribution in [1.82, 2.24) is 9.71 Å². The molecule has 0 bridgehead atoms. The number of H-pyrrole nitrogens is 1. The van der Waals surface area contributed by atoms with Gasteiger partial charge in [0.15, 0.2) is 0 Å². The van der Waals surface area contributed by atoms with E-state index in [4.69, 9.17) is 16.3 Å². The molecule has 23 heavy (non-hydrogen) atoms. The molecule has 0 aliphatic heterocycles. The molecule has 5 nitrogen and oxygen atoms in total. The van der Waals surface area contributed by atoms with Crippen molar-refractivity contribution in [2.24, 2.45) is 0 Å². The van der Waals surface area contributed by atoms with Gasteiger partial charge in [-0.25, -0.2) is 8.93 Å². The summed E-state index contributed by atoms with van der Waals surface area (Å²) in [5.41, 5.74) is 0.924. The van der Waals surface area contributed by atoms with Gasteiger partial charge in [-0.2, -0.15) is 0 Å². The van der Waals surface area contributed by atoms with Crippen molar-refractivity contribution < 1.29 is 8.95 Å². The molecule has 2 N–H and O–H groups in total. The molecule has 0 radical (unpaired) electrons. The van der Waals surface area contributed by atoms with E-state index >= 15 is 0 Å². The van der Waals surface area contributed by atoms with Crippen LogP contribution < -0.4 is 15.0 Å². The molecule has 0 saturated heterocycles. The van der Waals surface area contributed by atoms with Crippen LogP contribution in [0.2, 0.25) is 5.02 Å². The lowest BCUT2D eigenvalue weighted by Gasteiger charge is -2.22. The van der Waals surface area contributed by atoms with Crippen molar-refractivity contribution in [3.05, 3.63) is 39.1 Å². The van der Waals surface area contributed by atoms with Gasteiger partial charge in [-0.15, -0.1) is 0 Å². The lowest BCUT2D eigenvalue weighted by Crippen LogP contribution is -2.36. The summed E-state index contributed by atoms with van der Waals surface area (Å²) in [4.78, 5) is 15.1. The Labute approximate surface area is 143 Å². The summed E-state index contributed by atoms with van der Waals surface area (Å²) in [6.45, 7) is 7.43. The van der Waals surface area contributed by atoms with Crippen molar-refractivity contribution >= 4 is 33.5 Å². The number of rotatable bonds is 4. The molecule has 1 unspecified atom stereocenters. The van der Waals surface area contributed by atoms with E-state index in [1.165, 1.54) is 7.11 Å². The van der Waals surface area contributed by atoms with E-state index in [2.05, 4.69) is 9.71 Å². The minimum atomic E-state index is -1.27. The minimum absolute atomic E-state index is 0.229. The maximum absolute atomic E-state index is 12.3. The highest BCUT2D eigenvalue weighted by atomic mass is 35.5. The summed E-state index contributed by atoms with van der Waals surface area (Å²) in [5, 5.41) is 1.26. The highest BCUT2D eigenvalue weighted by Gasteiger charge is 2.23. The van der Waals surface area contributed by atoms with Gasteiger partial charge in [-0.05, 0) is 39.8 Å². The van der Waals surface area contributed by atoms with Crippen LogP contribution in [-0.4, -0.2) is 21.0 Å². The van der Waals surface area contributed by atoms with Gasteiger partial charge in [0.2, 0.25) is 0 Å². The van der Waals surface area contributed by atoms with Gasteiger partial charge >= 0.3 is 0 Å². The van der Waals surface area contributed by atoms with E-state index in [9.17, 15) is 9.00 Å². The number of halogens is 1. The van der Waals surface area contributed by atoms with Crippen LogP contribution in [0.4, 0.5) is 0 Å². The fraction of sp³-hybridized carbons (Fsp3) is 0.438. The fourth-order valence-corrected chi connectivity index (χ4v) is 3.15. The number of hydrogen-bond acceptors (Lipinski definition) is 3. The van der Waals surface area contributed by atoms with Crippen LogP contribution in [0.5, 0.6) is 5.75 Å². The molecule has 1 heterocycles. The second-order valence-electron chi connectivity index (χ2n) is 6.35. The molecule has 2 aromatic rings. The van der Waals surface area contributed by atoms with Gasteiger partial charge in [0.1, 0.15) is 5.75 Å². The molecule has 0 aliphatic carbocycles. The van der Waals surface area contributed by atoms with Crippen LogP contribution in [0.3, 0.4) is 0 Å². The number of fused-ring (bicyclic) bond motifs is 1. The van der Waals surface area contributed by atoms with Crippen molar-refractivity contribution in [3.8, 4) is 5.75 Å². The lowest BCUT2D eigenvalue weighted by atomic mass is 10.1. The lowest BCUT2D eigenvalue weighted by molar-refractivity contribution is 0.415. The maximum Gasteiger partial charge on any atom is 0.253 e. The molecule has 2 atom stereocenters. The van der Waals surface area contributed by atoms with E-state index in [0.29, 0.717) is 21.9 Å². The molecule has 2 rings (SSSR count). The quantitative estimate of drug-likeness (QED) is 0.882. The highest BCUT2D eigenvalue weighted by molar-refractivity contribution is 7.84. The average Bonchev–Trinajstić information content (AvgIpc) is 2.45. The summed E-state index contributed by atoms with van der Waals surface area (Å²) in [6, 6.07) is 4.83. The number of methoxy groups -OCH3 is 1. The SMILES string of the molecule is COc1cc2[nH]c(=O)c([C@H](C)NS(=O)C(C)(C)C)cc2cc1Cl. The fourth-order valence-electron chi connectivity index (χ4n) is 2.10. The van der Waals surface area contributed by atoms with E-state index in [1.807, 2.05) is 27.7 Å². The summed E-state index contributed by atoms with van der Waals surface area (Å²) < 4.78 is 19.9. The third-order valence-electron chi connectivity index (χ3n) is 3.45. The van der Waals surface area contributed by atoms with Crippen molar-refractivity contribution in [2.75, 3.05) is 7.11 Å². The van der Waals surface area contributed by atoms with Crippen molar-refractivity contribution in [1.29, 1.82) is 0 Å². The van der Waals surface area contributed by atoms with E-state index in [0.717, 1.165) is 5.39 Å². The number of aromatic nitrogens is 1. The molecule has 126 valence electrons. The molecular weight excluding hydrogens is 336 g/mol. The first kappa shape index (κ1) is 18.0. The monoisotopic (exact) mass is 356 g/mol. The average molecular weight is 357 g/mol. The zero-order chi connectivity index (χ0) is 17.4.